The normalized spacial score (nSPS) is 11.5. The lowest BCUT2D eigenvalue weighted by molar-refractivity contribution is 0.0705. The highest BCUT2D eigenvalue weighted by Crippen LogP contribution is 2.37. The zero-order valence-corrected chi connectivity index (χ0v) is 8.01. The highest BCUT2D eigenvalue weighted by Gasteiger charge is 2.37. The first kappa shape index (κ1) is 10.8. The van der Waals surface area contributed by atoms with Gasteiger partial charge in [-0.2, -0.15) is 10.5 Å². The molecular weight excluding hydrogens is 152 g/mol. The molecule has 0 heterocycles. The summed E-state index contributed by atoms with van der Waals surface area (Å²) < 4.78 is 4.64. The van der Waals surface area contributed by atoms with E-state index in [0.29, 0.717) is 0 Å². The first-order valence-corrected chi connectivity index (χ1v) is 3.79. The number of nitrogens with zero attached hydrogens (tertiary/aromatic N) is 2. The molecule has 0 unspecified atom stereocenters. The molecule has 0 atom stereocenters. The van der Waals surface area contributed by atoms with Crippen molar-refractivity contribution in [3.8, 4) is 12.3 Å². The Balaban J connectivity index is 4.43. The predicted molar refractivity (Wildman–Crippen MR) is 44.7 cm³/mol. The molecule has 0 aliphatic heterocycles. The van der Waals surface area contributed by atoms with Gasteiger partial charge in [0.15, 0.2) is 0 Å². The molecule has 0 amide bonds. The van der Waals surface area contributed by atoms with Crippen LogP contribution in [0.25, 0.3) is 0 Å². The van der Waals surface area contributed by atoms with Crippen molar-refractivity contribution >= 4 is 0 Å². The molecule has 66 valence electrons. The fourth-order valence-corrected chi connectivity index (χ4v) is 0.544. The number of hydrogen-bond donors (Lipinski definition) is 0. The summed E-state index contributed by atoms with van der Waals surface area (Å²) in [5, 5.41) is 17.1. The SMILES string of the molecule is CC(C)(C#N)C(C)(C)COC#N. The van der Waals surface area contributed by atoms with Gasteiger partial charge in [-0.3, -0.25) is 0 Å². The van der Waals surface area contributed by atoms with E-state index in [1.165, 1.54) is 0 Å². The van der Waals surface area contributed by atoms with Crippen LogP contribution in [-0.4, -0.2) is 6.61 Å². The molecule has 0 bridgehead atoms. The maximum Gasteiger partial charge on any atom is 0.286 e. The van der Waals surface area contributed by atoms with Gasteiger partial charge in [0.05, 0.1) is 11.5 Å². The molecule has 0 fully saturated rings. The first-order valence-electron chi connectivity index (χ1n) is 3.79. The quantitative estimate of drug-likeness (QED) is 0.603. The Hall–Kier alpha value is -1.22. The molecule has 0 N–H and O–H groups in total. The van der Waals surface area contributed by atoms with Crippen LogP contribution in [0.4, 0.5) is 0 Å². The van der Waals surface area contributed by atoms with Gasteiger partial charge in [-0.05, 0) is 13.8 Å². The van der Waals surface area contributed by atoms with E-state index in [1.807, 2.05) is 27.7 Å². The van der Waals surface area contributed by atoms with Gasteiger partial charge in [-0.1, -0.05) is 13.8 Å². The van der Waals surface area contributed by atoms with Crippen molar-refractivity contribution in [1.29, 1.82) is 10.5 Å². The van der Waals surface area contributed by atoms with Gasteiger partial charge in [0.2, 0.25) is 0 Å². The van der Waals surface area contributed by atoms with Crippen molar-refractivity contribution in [2.24, 2.45) is 10.8 Å². The molecular formula is C9H14N2O. The predicted octanol–water partition coefficient (Wildman–Crippen LogP) is 2.06. The van der Waals surface area contributed by atoms with Crippen molar-refractivity contribution in [2.45, 2.75) is 27.7 Å². The maximum absolute atomic E-state index is 8.84. The van der Waals surface area contributed by atoms with Crippen LogP contribution in [0.1, 0.15) is 27.7 Å². The molecule has 3 nitrogen and oxygen atoms in total. The number of nitriles is 2. The monoisotopic (exact) mass is 166 g/mol. The van der Waals surface area contributed by atoms with Crippen molar-refractivity contribution in [2.75, 3.05) is 6.61 Å². The summed E-state index contributed by atoms with van der Waals surface area (Å²) in [6, 6.07) is 2.20. The summed E-state index contributed by atoms with van der Waals surface area (Å²) in [5.41, 5.74) is -0.790. The van der Waals surface area contributed by atoms with E-state index in [1.54, 1.807) is 6.26 Å². The van der Waals surface area contributed by atoms with Gasteiger partial charge in [-0.15, -0.1) is 0 Å². The van der Waals surface area contributed by atoms with E-state index < -0.39 is 5.41 Å². The van der Waals surface area contributed by atoms with E-state index in [-0.39, 0.29) is 12.0 Å². The van der Waals surface area contributed by atoms with E-state index in [0.717, 1.165) is 0 Å². The van der Waals surface area contributed by atoms with Crippen LogP contribution in [0.3, 0.4) is 0 Å². The van der Waals surface area contributed by atoms with Gasteiger partial charge in [0.25, 0.3) is 6.26 Å². The van der Waals surface area contributed by atoms with Crippen LogP contribution in [0, 0.1) is 33.7 Å². The molecule has 0 saturated carbocycles. The van der Waals surface area contributed by atoms with E-state index in [2.05, 4.69) is 10.8 Å². The minimum Gasteiger partial charge on any atom is -0.427 e. The van der Waals surface area contributed by atoms with Gasteiger partial charge < -0.3 is 4.74 Å². The Morgan fingerprint density at radius 1 is 1.17 bits per heavy atom. The van der Waals surface area contributed by atoms with Crippen LogP contribution in [0.15, 0.2) is 0 Å². The van der Waals surface area contributed by atoms with Crippen LogP contribution in [0.2, 0.25) is 0 Å². The lowest BCUT2D eigenvalue weighted by Gasteiger charge is -2.34. The summed E-state index contributed by atoms with van der Waals surface area (Å²) in [4.78, 5) is 0. The Labute approximate surface area is 73.6 Å². The fraction of sp³-hybridized carbons (Fsp3) is 0.778. The second-order valence-electron chi connectivity index (χ2n) is 4.00. The Bertz CT molecular complexity index is 230. The number of hydrogen-bond acceptors (Lipinski definition) is 3. The third-order valence-corrected chi connectivity index (χ3v) is 2.47. The third-order valence-electron chi connectivity index (χ3n) is 2.47. The topological polar surface area (TPSA) is 56.8 Å². The lowest BCUT2D eigenvalue weighted by Crippen LogP contribution is -2.35. The lowest BCUT2D eigenvalue weighted by atomic mass is 9.69. The number of rotatable bonds is 3. The average molecular weight is 166 g/mol. The highest BCUT2D eigenvalue weighted by atomic mass is 16.5. The maximum atomic E-state index is 8.84. The second kappa shape index (κ2) is 3.45. The largest absolute Gasteiger partial charge is 0.427 e. The van der Waals surface area contributed by atoms with Gasteiger partial charge in [0, 0.05) is 5.41 Å². The second-order valence-corrected chi connectivity index (χ2v) is 4.00. The third kappa shape index (κ3) is 2.13. The minimum absolute atomic E-state index is 0.282. The van der Waals surface area contributed by atoms with Crippen molar-refractivity contribution < 1.29 is 4.74 Å². The van der Waals surface area contributed by atoms with Crippen molar-refractivity contribution in [3.05, 3.63) is 0 Å². The molecule has 0 spiro atoms. The zero-order chi connectivity index (χ0) is 9.83. The standard InChI is InChI=1S/C9H14N2O/c1-8(2,5-10)9(3,4)6-12-7-11/h6H2,1-4H3. The minimum atomic E-state index is -0.482. The van der Waals surface area contributed by atoms with Crippen LogP contribution in [-0.2, 0) is 4.74 Å². The van der Waals surface area contributed by atoms with Gasteiger partial charge >= 0.3 is 0 Å². The van der Waals surface area contributed by atoms with Crippen LogP contribution >= 0.6 is 0 Å². The van der Waals surface area contributed by atoms with Crippen LogP contribution < -0.4 is 0 Å². The Morgan fingerprint density at radius 2 is 1.67 bits per heavy atom. The fourth-order valence-electron chi connectivity index (χ4n) is 0.544. The zero-order valence-electron chi connectivity index (χ0n) is 8.01. The molecule has 0 aromatic heterocycles. The Kier molecular flexibility index (Phi) is 3.10. The summed E-state index contributed by atoms with van der Waals surface area (Å²) >= 11 is 0. The molecule has 0 aliphatic carbocycles. The van der Waals surface area contributed by atoms with E-state index in [9.17, 15) is 0 Å². The van der Waals surface area contributed by atoms with Crippen molar-refractivity contribution in [3.63, 3.8) is 0 Å². The highest BCUT2D eigenvalue weighted by molar-refractivity contribution is 5.01. The van der Waals surface area contributed by atoms with Crippen molar-refractivity contribution in [1.82, 2.24) is 0 Å². The summed E-state index contributed by atoms with van der Waals surface area (Å²) in [7, 11) is 0. The summed E-state index contributed by atoms with van der Waals surface area (Å²) in [6.07, 6.45) is 1.61. The summed E-state index contributed by atoms with van der Waals surface area (Å²) in [6.45, 7) is 7.78. The summed E-state index contributed by atoms with van der Waals surface area (Å²) in [5.74, 6) is 0. The van der Waals surface area contributed by atoms with E-state index in [4.69, 9.17) is 10.5 Å². The van der Waals surface area contributed by atoms with Crippen LogP contribution in [0.5, 0.6) is 0 Å². The van der Waals surface area contributed by atoms with Gasteiger partial charge in [-0.25, -0.2) is 0 Å². The molecule has 0 radical (unpaired) electrons. The number of ether oxygens (including phenoxy) is 1. The molecule has 0 aromatic carbocycles. The average Bonchev–Trinajstić information content (AvgIpc) is 2.00. The molecule has 0 aliphatic rings. The molecule has 0 saturated heterocycles. The molecule has 3 heteroatoms. The molecule has 0 rings (SSSR count). The van der Waals surface area contributed by atoms with E-state index >= 15 is 0 Å². The molecule has 12 heavy (non-hydrogen) atoms. The smallest absolute Gasteiger partial charge is 0.286 e. The first-order chi connectivity index (χ1) is 5.37. The Morgan fingerprint density at radius 3 is 2.00 bits per heavy atom. The molecule has 0 aromatic rings. The van der Waals surface area contributed by atoms with Gasteiger partial charge in [0.1, 0.15) is 6.61 Å².